The van der Waals surface area contributed by atoms with Crippen LogP contribution in [0.4, 0.5) is 5.69 Å². The van der Waals surface area contributed by atoms with Crippen molar-refractivity contribution in [2.75, 3.05) is 18.7 Å². The summed E-state index contributed by atoms with van der Waals surface area (Å²) >= 11 is 0. The topological polar surface area (TPSA) is 38.0 Å². The van der Waals surface area contributed by atoms with Gasteiger partial charge in [-0.15, -0.1) is 0 Å². The molecule has 0 saturated carbocycles. The number of benzene rings is 1. The zero-order valence-electron chi connectivity index (χ0n) is 15.9. The van der Waals surface area contributed by atoms with Crippen LogP contribution in [0.2, 0.25) is 0 Å². The van der Waals surface area contributed by atoms with Crippen LogP contribution in [-0.2, 0) is 0 Å². The molecule has 70 valence electrons. The highest BCUT2D eigenvalue weighted by molar-refractivity contribution is 5.41. The molecule has 0 amide bonds. The van der Waals surface area contributed by atoms with Gasteiger partial charge < -0.3 is 11.1 Å². The smallest absolute Gasteiger partial charge is 0.0428 e. The molecular formula is C11H16N2. The highest BCUT2D eigenvalue weighted by atomic mass is 14.9. The van der Waals surface area contributed by atoms with Gasteiger partial charge >= 0.3 is 0 Å². The largest absolute Gasteiger partial charge is 0.399 e. The van der Waals surface area contributed by atoms with Crippen LogP contribution in [0.5, 0.6) is 0 Å². The lowest BCUT2D eigenvalue weighted by molar-refractivity contribution is 0.460. The van der Waals surface area contributed by atoms with E-state index in [-0.39, 0.29) is 11.3 Å². The van der Waals surface area contributed by atoms with Crippen LogP contribution in [0.1, 0.15) is 36.5 Å². The van der Waals surface area contributed by atoms with Crippen LogP contribution in [-0.4, -0.2) is 13.0 Å². The zero-order chi connectivity index (χ0) is 17.2. The maximum Gasteiger partial charge on any atom is 0.0428 e. The summed E-state index contributed by atoms with van der Waals surface area (Å²) in [5.74, 6) is -2.85. The Balaban J connectivity index is 2.82. The van der Waals surface area contributed by atoms with Gasteiger partial charge in [-0.3, -0.25) is 0 Å². The molecule has 1 aliphatic heterocycles. The molecule has 0 aromatic heterocycles. The van der Waals surface area contributed by atoms with E-state index in [1.54, 1.807) is 5.32 Å². The molecule has 1 fully saturated rings. The number of rotatable bonds is 1. The van der Waals surface area contributed by atoms with E-state index in [0.29, 0.717) is 0 Å². The van der Waals surface area contributed by atoms with Crippen LogP contribution in [0.25, 0.3) is 0 Å². The quantitative estimate of drug-likeness (QED) is 0.654. The molecule has 13 heavy (non-hydrogen) atoms. The number of hydrogen-bond donors (Lipinski definition) is 2. The second-order valence-corrected chi connectivity index (χ2v) is 2.63. The molecule has 0 unspecified atom stereocenters. The van der Waals surface area contributed by atoms with E-state index in [0.717, 1.165) is 0 Å². The highest BCUT2D eigenvalue weighted by Gasteiger charge is 2.14. The molecule has 0 bridgehead atoms. The summed E-state index contributed by atoms with van der Waals surface area (Å²) in [5, 5.41) is 1.72. The number of nitrogens with two attached hydrogens (primary N) is 1. The van der Waals surface area contributed by atoms with Crippen molar-refractivity contribution in [1.29, 1.82) is 0 Å². The van der Waals surface area contributed by atoms with Crippen molar-refractivity contribution in [3.8, 4) is 0 Å². The summed E-state index contributed by atoms with van der Waals surface area (Å²) in [5.41, 5.74) is 5.53. The third kappa shape index (κ3) is 2.01. The summed E-state index contributed by atoms with van der Waals surface area (Å²) in [6, 6.07) is 5.26. The molecule has 1 heterocycles. The zero-order valence-corrected chi connectivity index (χ0v) is 6.89. The Kier molecular flexibility index (Phi) is 0.872. The first-order valence-electron chi connectivity index (χ1n) is 8.36. The van der Waals surface area contributed by atoms with Gasteiger partial charge in [0.05, 0.1) is 0 Å². The van der Waals surface area contributed by atoms with Gasteiger partial charge in [-0.1, -0.05) is 12.1 Å². The van der Waals surface area contributed by atoms with E-state index < -0.39 is 31.6 Å². The Bertz CT molecular complexity index is 573. The number of hydrogen-bond acceptors (Lipinski definition) is 2. The predicted molar refractivity (Wildman–Crippen MR) is 55.7 cm³/mol. The minimum atomic E-state index is -3.07. The van der Waals surface area contributed by atoms with Gasteiger partial charge in [0.15, 0.2) is 0 Å². The monoisotopic (exact) mass is 185 g/mol. The second-order valence-electron chi connectivity index (χ2n) is 2.63. The first-order valence-corrected chi connectivity index (χ1v) is 3.86. The van der Waals surface area contributed by atoms with Crippen molar-refractivity contribution in [3.05, 3.63) is 29.8 Å². The van der Waals surface area contributed by atoms with Gasteiger partial charge in [0, 0.05) is 18.0 Å². The predicted octanol–water partition coefficient (Wildman–Crippen LogP) is 1.74. The summed E-state index contributed by atoms with van der Waals surface area (Å²) in [4.78, 5) is 0. The standard InChI is InChI=1S/C11H16N2/c12-11-3-1-2-10(8-11)9-4-6-13-7-5-9/h1-3,8-9,13H,4-7,12H2/i4D2,5D2,6D2,7D2,9D. The van der Waals surface area contributed by atoms with Crippen LogP contribution in [0.15, 0.2) is 24.3 Å². The van der Waals surface area contributed by atoms with Gasteiger partial charge in [0.1, 0.15) is 0 Å². The molecule has 3 N–H and O–H groups in total. The fourth-order valence-corrected chi connectivity index (χ4v) is 1.09. The molecule has 1 aliphatic rings. The molecule has 1 saturated heterocycles. The molecule has 2 rings (SSSR count). The van der Waals surface area contributed by atoms with Gasteiger partial charge in [-0.2, -0.15) is 0 Å². The minimum absolute atomic E-state index is 0.149. The number of nitrogens with one attached hydrogen (secondary N) is 1. The Morgan fingerprint density at radius 3 is 2.92 bits per heavy atom. The van der Waals surface area contributed by atoms with Crippen LogP contribution in [0, 0.1) is 0 Å². The summed E-state index contributed by atoms with van der Waals surface area (Å²) in [7, 11) is 0. The first kappa shape index (κ1) is 2.99. The van der Waals surface area contributed by atoms with Crippen LogP contribution in [0.3, 0.4) is 0 Å². The van der Waals surface area contributed by atoms with Crippen LogP contribution < -0.4 is 11.1 Å². The Morgan fingerprint density at radius 1 is 1.46 bits per heavy atom. The molecular weight excluding hydrogens is 160 g/mol. The SMILES string of the molecule is [2H]C1([2H])NC([2H])([2H])C([2H])([2H])C([2H])(c2cccc(N)c2)C1([2H])[2H]. The minimum Gasteiger partial charge on any atom is -0.399 e. The van der Waals surface area contributed by atoms with Gasteiger partial charge in [-0.25, -0.2) is 0 Å². The van der Waals surface area contributed by atoms with Gasteiger partial charge in [0.25, 0.3) is 0 Å². The van der Waals surface area contributed by atoms with Crippen molar-refractivity contribution >= 4 is 5.69 Å². The normalized spacial score (nSPS) is 46.9. The van der Waals surface area contributed by atoms with Crippen molar-refractivity contribution < 1.29 is 12.3 Å². The van der Waals surface area contributed by atoms with E-state index in [2.05, 4.69) is 0 Å². The third-order valence-corrected chi connectivity index (χ3v) is 1.68. The second kappa shape index (κ2) is 3.79. The van der Waals surface area contributed by atoms with Crippen molar-refractivity contribution in [2.45, 2.75) is 18.6 Å². The fraction of sp³-hybridized carbons (Fsp3) is 0.455. The van der Waals surface area contributed by atoms with Crippen LogP contribution >= 0.6 is 0 Å². The van der Waals surface area contributed by atoms with E-state index in [1.165, 1.54) is 24.3 Å². The van der Waals surface area contributed by atoms with Crippen molar-refractivity contribution in [2.24, 2.45) is 0 Å². The van der Waals surface area contributed by atoms with Gasteiger partial charge in [-0.05, 0) is 49.3 Å². The number of nitrogen functional groups attached to an aromatic ring is 1. The molecule has 2 heteroatoms. The van der Waals surface area contributed by atoms with E-state index in [9.17, 15) is 0 Å². The first-order chi connectivity index (χ1) is 9.71. The van der Waals surface area contributed by atoms with Crippen molar-refractivity contribution in [3.63, 3.8) is 0 Å². The molecule has 0 radical (unpaired) electrons. The third-order valence-electron chi connectivity index (χ3n) is 1.68. The molecule has 2 nitrogen and oxygen atoms in total. The van der Waals surface area contributed by atoms with Crippen molar-refractivity contribution in [1.82, 2.24) is 5.32 Å². The summed E-state index contributed by atoms with van der Waals surface area (Å²) in [6.07, 6.45) is -6.13. The lowest BCUT2D eigenvalue weighted by atomic mass is 9.90. The maximum absolute atomic E-state index is 8.45. The Hall–Kier alpha value is -1.02. The molecule has 0 atom stereocenters. The van der Waals surface area contributed by atoms with E-state index >= 15 is 0 Å². The number of anilines is 1. The Morgan fingerprint density at radius 2 is 2.23 bits per heavy atom. The average molecular weight is 185 g/mol. The summed E-state index contributed by atoms with van der Waals surface area (Å²) in [6.45, 7) is -5.93. The Labute approximate surface area is 91.8 Å². The lowest BCUT2D eigenvalue weighted by Gasteiger charge is -2.23. The average Bonchev–Trinajstić information content (AvgIpc) is 2.34. The lowest BCUT2D eigenvalue weighted by Crippen LogP contribution is -2.26. The summed E-state index contributed by atoms with van der Waals surface area (Å²) < 4.78 is 71.5. The van der Waals surface area contributed by atoms with E-state index in [4.69, 9.17) is 18.1 Å². The molecule has 1 aromatic rings. The molecule has 0 spiro atoms. The fourth-order valence-electron chi connectivity index (χ4n) is 1.09. The van der Waals surface area contributed by atoms with Gasteiger partial charge in [0.2, 0.25) is 0 Å². The molecule has 0 aliphatic carbocycles. The van der Waals surface area contributed by atoms with E-state index in [1.807, 2.05) is 0 Å². The maximum atomic E-state index is 8.45. The number of piperidine rings is 1. The molecule has 1 aromatic carbocycles. The highest BCUT2D eigenvalue weighted by Crippen LogP contribution is 2.25.